The van der Waals surface area contributed by atoms with Crippen LogP contribution in [0, 0.1) is 0 Å². The van der Waals surface area contributed by atoms with Gasteiger partial charge in [-0.25, -0.2) is 4.79 Å². The number of carbonyl (C=O) groups excluding carboxylic acids is 2. The topological polar surface area (TPSA) is 64.6 Å². The summed E-state index contributed by atoms with van der Waals surface area (Å²) in [5.41, 5.74) is 2.71. The Hall–Kier alpha value is -3.12. The maximum absolute atomic E-state index is 12.5. The fourth-order valence-corrected chi connectivity index (χ4v) is 4.32. The first-order valence-corrected chi connectivity index (χ1v) is 12.0. The van der Waals surface area contributed by atoms with E-state index in [1.165, 1.54) is 16.9 Å². The first-order valence-electron chi connectivity index (χ1n) is 11.2. The lowest BCUT2D eigenvalue weighted by Gasteiger charge is -2.19. The Morgan fingerprint density at radius 3 is 2.33 bits per heavy atom. The number of carbonyl (C=O) groups is 2. The Morgan fingerprint density at radius 1 is 1.00 bits per heavy atom. The zero-order valence-electron chi connectivity index (χ0n) is 19.6. The van der Waals surface area contributed by atoms with Gasteiger partial charge in [-0.1, -0.05) is 63.2 Å². The van der Waals surface area contributed by atoms with E-state index in [9.17, 15) is 9.59 Å². The van der Waals surface area contributed by atoms with Crippen LogP contribution in [0.2, 0.25) is 0 Å². The third-order valence-corrected chi connectivity index (χ3v) is 6.18. The quantitative estimate of drug-likeness (QED) is 0.282. The molecular formula is C27H31NO4S. The highest BCUT2D eigenvalue weighted by Gasteiger charge is 2.20. The molecule has 33 heavy (non-hydrogen) atoms. The van der Waals surface area contributed by atoms with Gasteiger partial charge in [0, 0.05) is 11.3 Å². The van der Waals surface area contributed by atoms with E-state index in [4.69, 9.17) is 9.47 Å². The molecule has 0 unspecified atom stereocenters. The molecule has 0 saturated carbocycles. The van der Waals surface area contributed by atoms with E-state index >= 15 is 0 Å². The van der Waals surface area contributed by atoms with Gasteiger partial charge in [-0.2, -0.15) is 0 Å². The van der Waals surface area contributed by atoms with E-state index in [-0.39, 0.29) is 17.9 Å². The minimum absolute atomic E-state index is 0.0984. The number of benzene rings is 2. The second-order valence-electron chi connectivity index (χ2n) is 8.71. The number of hydrogen-bond acceptors (Lipinski definition) is 5. The van der Waals surface area contributed by atoms with Crippen molar-refractivity contribution in [1.29, 1.82) is 0 Å². The van der Waals surface area contributed by atoms with Crippen molar-refractivity contribution in [2.75, 3.05) is 18.5 Å². The first kappa shape index (κ1) is 24.5. The van der Waals surface area contributed by atoms with Crippen LogP contribution in [0.15, 0.2) is 60.7 Å². The molecule has 3 aromatic rings. The van der Waals surface area contributed by atoms with Crippen molar-refractivity contribution < 1.29 is 19.1 Å². The van der Waals surface area contributed by atoms with Gasteiger partial charge in [0.15, 0.2) is 0 Å². The molecule has 1 heterocycles. The largest absolute Gasteiger partial charge is 0.494 e. The van der Waals surface area contributed by atoms with Gasteiger partial charge in [0.05, 0.1) is 18.8 Å². The van der Waals surface area contributed by atoms with Gasteiger partial charge in [-0.05, 0) is 48.1 Å². The molecule has 0 aliphatic rings. The van der Waals surface area contributed by atoms with Gasteiger partial charge < -0.3 is 14.8 Å². The lowest BCUT2D eigenvalue weighted by atomic mass is 9.87. The molecule has 1 aromatic heterocycles. The van der Waals surface area contributed by atoms with Crippen molar-refractivity contribution in [1.82, 2.24) is 0 Å². The van der Waals surface area contributed by atoms with E-state index in [0.717, 1.165) is 16.2 Å². The molecule has 174 valence electrons. The second kappa shape index (κ2) is 11.1. The Labute approximate surface area is 199 Å². The number of anilines is 1. The van der Waals surface area contributed by atoms with Crippen LogP contribution in [0.25, 0.3) is 10.4 Å². The van der Waals surface area contributed by atoms with Crippen molar-refractivity contribution in [3.05, 3.63) is 71.8 Å². The maximum Gasteiger partial charge on any atom is 0.341 e. The predicted octanol–water partition coefficient (Wildman–Crippen LogP) is 6.69. The molecule has 0 fully saturated rings. The zero-order valence-corrected chi connectivity index (χ0v) is 20.5. The van der Waals surface area contributed by atoms with Gasteiger partial charge in [-0.3, -0.25) is 4.79 Å². The molecule has 0 bridgehead atoms. The molecule has 0 saturated heterocycles. The zero-order chi connectivity index (χ0) is 23.8. The summed E-state index contributed by atoms with van der Waals surface area (Å²) in [7, 11) is 0. The summed E-state index contributed by atoms with van der Waals surface area (Å²) in [4.78, 5) is 25.9. The molecule has 1 amide bonds. The molecule has 0 atom stereocenters. The lowest BCUT2D eigenvalue weighted by Crippen LogP contribution is -2.15. The Balaban J connectivity index is 1.57. The SMILES string of the molecule is CCOC(=O)c1cc(-c2ccccc2)sc1NC(=O)CCCOc1ccc(C(C)(C)C)cc1. The average molecular weight is 466 g/mol. The molecule has 5 nitrogen and oxygen atoms in total. The number of hydrogen-bond donors (Lipinski definition) is 1. The van der Waals surface area contributed by atoms with Gasteiger partial charge in [0.25, 0.3) is 0 Å². The van der Waals surface area contributed by atoms with E-state index in [1.54, 1.807) is 13.0 Å². The monoisotopic (exact) mass is 465 g/mol. The summed E-state index contributed by atoms with van der Waals surface area (Å²) >= 11 is 1.37. The van der Waals surface area contributed by atoms with Crippen LogP contribution in [-0.2, 0) is 14.9 Å². The Kier molecular flexibility index (Phi) is 8.28. The number of thiophene rings is 1. The van der Waals surface area contributed by atoms with Crippen molar-refractivity contribution in [2.45, 2.75) is 46.0 Å². The standard InChI is InChI=1S/C27H31NO4S/c1-5-31-26(30)22-18-23(19-10-7-6-8-11-19)33-25(22)28-24(29)12-9-17-32-21-15-13-20(14-16-21)27(2,3)4/h6-8,10-11,13-16,18H,5,9,12,17H2,1-4H3,(H,28,29). The van der Waals surface area contributed by atoms with Crippen LogP contribution in [0.5, 0.6) is 5.75 Å². The van der Waals surface area contributed by atoms with Crippen molar-refractivity contribution in [3.63, 3.8) is 0 Å². The van der Waals surface area contributed by atoms with Gasteiger partial charge >= 0.3 is 5.97 Å². The molecule has 6 heteroatoms. The van der Waals surface area contributed by atoms with Gasteiger partial charge in [-0.15, -0.1) is 11.3 Å². The average Bonchev–Trinajstić information content (AvgIpc) is 3.21. The molecular weight excluding hydrogens is 434 g/mol. The van der Waals surface area contributed by atoms with Crippen LogP contribution in [0.4, 0.5) is 5.00 Å². The van der Waals surface area contributed by atoms with Crippen LogP contribution in [0.1, 0.15) is 56.5 Å². The van der Waals surface area contributed by atoms with Crippen molar-refractivity contribution in [2.24, 2.45) is 0 Å². The first-order chi connectivity index (χ1) is 15.8. The maximum atomic E-state index is 12.5. The van der Waals surface area contributed by atoms with E-state index in [2.05, 4.69) is 38.2 Å². The van der Waals surface area contributed by atoms with Gasteiger partial charge in [0.2, 0.25) is 5.91 Å². The number of amides is 1. The molecule has 0 aliphatic carbocycles. The summed E-state index contributed by atoms with van der Waals surface area (Å²) in [5.74, 6) is 0.195. The fourth-order valence-electron chi connectivity index (χ4n) is 3.25. The minimum Gasteiger partial charge on any atom is -0.494 e. The van der Waals surface area contributed by atoms with Crippen LogP contribution in [-0.4, -0.2) is 25.1 Å². The molecule has 0 aliphatic heterocycles. The Bertz CT molecular complexity index is 1070. The fraction of sp³-hybridized carbons (Fsp3) is 0.333. The summed E-state index contributed by atoms with van der Waals surface area (Å²) in [6.07, 6.45) is 0.861. The van der Waals surface area contributed by atoms with Crippen LogP contribution in [0.3, 0.4) is 0 Å². The van der Waals surface area contributed by atoms with E-state index < -0.39 is 5.97 Å². The van der Waals surface area contributed by atoms with E-state index in [0.29, 0.717) is 30.0 Å². The predicted molar refractivity (Wildman–Crippen MR) is 134 cm³/mol. The number of rotatable bonds is 9. The summed E-state index contributed by atoms with van der Waals surface area (Å²) < 4.78 is 11.0. The van der Waals surface area contributed by atoms with Crippen molar-refractivity contribution >= 4 is 28.2 Å². The lowest BCUT2D eigenvalue weighted by molar-refractivity contribution is -0.116. The number of nitrogens with one attached hydrogen (secondary N) is 1. The smallest absolute Gasteiger partial charge is 0.341 e. The molecule has 3 rings (SSSR count). The molecule has 1 N–H and O–H groups in total. The third kappa shape index (κ3) is 6.93. The van der Waals surface area contributed by atoms with Crippen LogP contribution >= 0.6 is 11.3 Å². The summed E-state index contributed by atoms with van der Waals surface area (Å²) in [6, 6.07) is 19.6. The van der Waals surface area contributed by atoms with E-state index in [1.807, 2.05) is 42.5 Å². The Morgan fingerprint density at radius 2 is 1.70 bits per heavy atom. The van der Waals surface area contributed by atoms with Crippen LogP contribution < -0.4 is 10.1 Å². The minimum atomic E-state index is -0.437. The summed E-state index contributed by atoms with van der Waals surface area (Å²) in [5, 5.41) is 3.40. The van der Waals surface area contributed by atoms with Crippen molar-refractivity contribution in [3.8, 4) is 16.2 Å². The number of ether oxygens (including phenoxy) is 2. The second-order valence-corrected chi connectivity index (χ2v) is 9.77. The molecule has 2 aromatic carbocycles. The molecule has 0 spiro atoms. The normalized spacial score (nSPS) is 11.2. The highest BCUT2D eigenvalue weighted by Crippen LogP contribution is 2.36. The molecule has 0 radical (unpaired) electrons. The third-order valence-electron chi connectivity index (χ3n) is 5.08. The highest BCUT2D eigenvalue weighted by atomic mass is 32.1. The van der Waals surface area contributed by atoms with Gasteiger partial charge in [0.1, 0.15) is 10.8 Å². The summed E-state index contributed by atoms with van der Waals surface area (Å²) in [6.45, 7) is 8.99. The highest BCUT2D eigenvalue weighted by molar-refractivity contribution is 7.20. The number of esters is 1.